The SMILES string of the molecule is COc1cc2nc(CC3(N)CCC3)[nH]c2cc1OC. The Morgan fingerprint density at radius 2 is 1.95 bits per heavy atom. The van der Waals surface area contributed by atoms with Crippen LogP contribution in [-0.2, 0) is 6.42 Å². The lowest BCUT2D eigenvalue weighted by atomic mass is 9.75. The number of hydrogen-bond acceptors (Lipinski definition) is 4. The molecule has 1 aliphatic rings. The number of hydrogen-bond donors (Lipinski definition) is 2. The second-order valence-corrected chi connectivity index (χ2v) is 5.30. The van der Waals surface area contributed by atoms with Crippen LogP contribution in [-0.4, -0.2) is 29.7 Å². The maximum Gasteiger partial charge on any atom is 0.163 e. The predicted molar refractivity (Wildman–Crippen MR) is 73.7 cm³/mol. The first kappa shape index (κ1) is 12.3. The summed E-state index contributed by atoms with van der Waals surface area (Å²) in [4.78, 5) is 7.91. The van der Waals surface area contributed by atoms with Crippen molar-refractivity contribution in [1.82, 2.24) is 9.97 Å². The third kappa shape index (κ3) is 2.14. The molecule has 0 radical (unpaired) electrons. The first-order valence-corrected chi connectivity index (χ1v) is 6.53. The van der Waals surface area contributed by atoms with Crippen LogP contribution in [0.2, 0.25) is 0 Å². The maximum absolute atomic E-state index is 6.26. The molecule has 0 bridgehead atoms. The van der Waals surface area contributed by atoms with Crippen LogP contribution in [0.5, 0.6) is 11.5 Å². The summed E-state index contributed by atoms with van der Waals surface area (Å²) in [5.41, 5.74) is 8.03. The van der Waals surface area contributed by atoms with Crippen molar-refractivity contribution in [2.45, 2.75) is 31.2 Å². The highest BCUT2D eigenvalue weighted by Gasteiger charge is 2.33. The van der Waals surface area contributed by atoms with E-state index in [0.717, 1.165) is 36.1 Å². The number of aromatic nitrogens is 2. The van der Waals surface area contributed by atoms with Gasteiger partial charge in [0.05, 0.1) is 25.3 Å². The van der Waals surface area contributed by atoms with Gasteiger partial charge in [-0.3, -0.25) is 0 Å². The summed E-state index contributed by atoms with van der Waals surface area (Å²) in [7, 11) is 3.25. The van der Waals surface area contributed by atoms with Gasteiger partial charge in [-0.15, -0.1) is 0 Å². The van der Waals surface area contributed by atoms with Crippen molar-refractivity contribution < 1.29 is 9.47 Å². The second-order valence-electron chi connectivity index (χ2n) is 5.30. The zero-order valence-electron chi connectivity index (χ0n) is 11.3. The minimum absolute atomic E-state index is 0.0674. The van der Waals surface area contributed by atoms with Crippen molar-refractivity contribution in [1.29, 1.82) is 0 Å². The van der Waals surface area contributed by atoms with Gasteiger partial charge >= 0.3 is 0 Å². The van der Waals surface area contributed by atoms with Gasteiger partial charge in [-0.2, -0.15) is 0 Å². The molecule has 0 amide bonds. The van der Waals surface area contributed by atoms with Gasteiger partial charge in [0.1, 0.15) is 5.82 Å². The average Bonchev–Trinajstić information content (AvgIpc) is 2.75. The van der Waals surface area contributed by atoms with Crippen LogP contribution in [0.25, 0.3) is 11.0 Å². The van der Waals surface area contributed by atoms with Gasteiger partial charge in [0.2, 0.25) is 0 Å². The summed E-state index contributed by atoms with van der Waals surface area (Å²) in [5.74, 6) is 2.34. The van der Waals surface area contributed by atoms with E-state index < -0.39 is 0 Å². The van der Waals surface area contributed by atoms with Crippen LogP contribution in [0.3, 0.4) is 0 Å². The molecular formula is C14H19N3O2. The molecule has 5 nitrogen and oxygen atoms in total. The van der Waals surface area contributed by atoms with Crippen LogP contribution in [0.4, 0.5) is 0 Å². The molecule has 0 spiro atoms. The summed E-state index contributed by atoms with van der Waals surface area (Å²) in [6.07, 6.45) is 4.18. The number of nitrogens with one attached hydrogen (secondary N) is 1. The van der Waals surface area contributed by atoms with Crippen molar-refractivity contribution in [3.8, 4) is 11.5 Å². The van der Waals surface area contributed by atoms with Crippen molar-refractivity contribution in [3.63, 3.8) is 0 Å². The lowest BCUT2D eigenvalue weighted by Crippen LogP contribution is -2.48. The van der Waals surface area contributed by atoms with E-state index in [-0.39, 0.29) is 5.54 Å². The number of nitrogens with zero attached hydrogens (tertiary/aromatic N) is 1. The first-order chi connectivity index (χ1) is 9.13. The number of fused-ring (bicyclic) bond motifs is 1. The van der Waals surface area contributed by atoms with Gasteiger partial charge in [0.15, 0.2) is 11.5 Å². The fraction of sp³-hybridized carbons (Fsp3) is 0.500. The molecule has 1 fully saturated rings. The minimum Gasteiger partial charge on any atom is -0.493 e. The molecule has 19 heavy (non-hydrogen) atoms. The highest BCUT2D eigenvalue weighted by atomic mass is 16.5. The van der Waals surface area contributed by atoms with E-state index in [4.69, 9.17) is 15.2 Å². The highest BCUT2D eigenvalue weighted by molar-refractivity contribution is 5.79. The summed E-state index contributed by atoms with van der Waals surface area (Å²) in [6, 6.07) is 3.80. The molecule has 0 atom stereocenters. The quantitative estimate of drug-likeness (QED) is 0.883. The highest BCUT2D eigenvalue weighted by Crippen LogP contribution is 2.34. The molecule has 0 saturated heterocycles. The van der Waals surface area contributed by atoms with Crippen molar-refractivity contribution in [2.75, 3.05) is 14.2 Å². The van der Waals surface area contributed by atoms with E-state index in [0.29, 0.717) is 11.5 Å². The Hall–Kier alpha value is -1.75. The van der Waals surface area contributed by atoms with E-state index in [2.05, 4.69) is 9.97 Å². The zero-order chi connectivity index (χ0) is 13.5. The molecular weight excluding hydrogens is 242 g/mol. The lowest BCUT2D eigenvalue weighted by molar-refractivity contribution is 0.244. The fourth-order valence-electron chi connectivity index (χ4n) is 2.61. The van der Waals surface area contributed by atoms with Crippen LogP contribution in [0.1, 0.15) is 25.1 Å². The van der Waals surface area contributed by atoms with E-state index in [1.165, 1.54) is 6.42 Å². The molecule has 1 heterocycles. The molecule has 2 aromatic rings. The molecule has 1 aliphatic carbocycles. The van der Waals surface area contributed by atoms with Crippen molar-refractivity contribution >= 4 is 11.0 Å². The molecule has 102 valence electrons. The summed E-state index contributed by atoms with van der Waals surface area (Å²) in [6.45, 7) is 0. The number of ether oxygens (including phenoxy) is 2. The van der Waals surface area contributed by atoms with Crippen molar-refractivity contribution in [2.24, 2.45) is 5.73 Å². The predicted octanol–water partition coefficient (Wildman–Crippen LogP) is 2.00. The zero-order valence-corrected chi connectivity index (χ0v) is 11.3. The minimum atomic E-state index is -0.0674. The Morgan fingerprint density at radius 1 is 1.26 bits per heavy atom. The summed E-state index contributed by atoms with van der Waals surface area (Å²) >= 11 is 0. The second kappa shape index (κ2) is 4.42. The van der Waals surface area contributed by atoms with Gasteiger partial charge in [0.25, 0.3) is 0 Å². The smallest absolute Gasteiger partial charge is 0.163 e. The average molecular weight is 261 g/mol. The molecule has 1 saturated carbocycles. The van der Waals surface area contributed by atoms with Crippen LogP contribution in [0.15, 0.2) is 12.1 Å². The number of nitrogens with two attached hydrogens (primary N) is 1. The number of imidazole rings is 1. The van der Waals surface area contributed by atoms with Crippen molar-refractivity contribution in [3.05, 3.63) is 18.0 Å². The summed E-state index contributed by atoms with van der Waals surface area (Å²) in [5, 5.41) is 0. The van der Waals surface area contributed by atoms with Gasteiger partial charge in [-0.1, -0.05) is 0 Å². The molecule has 3 N–H and O–H groups in total. The van der Waals surface area contributed by atoms with Gasteiger partial charge in [-0.25, -0.2) is 4.98 Å². The topological polar surface area (TPSA) is 73.2 Å². The Bertz CT molecular complexity index is 561. The molecule has 1 aromatic heterocycles. The van der Waals surface area contributed by atoms with Gasteiger partial charge in [-0.05, 0) is 19.3 Å². The van der Waals surface area contributed by atoms with E-state index >= 15 is 0 Å². The number of H-pyrrole nitrogens is 1. The number of methoxy groups -OCH3 is 2. The summed E-state index contributed by atoms with van der Waals surface area (Å²) < 4.78 is 10.6. The van der Waals surface area contributed by atoms with Crippen LogP contribution < -0.4 is 15.2 Å². The molecule has 1 aromatic carbocycles. The number of benzene rings is 1. The largest absolute Gasteiger partial charge is 0.493 e. The van der Waals surface area contributed by atoms with Gasteiger partial charge in [0, 0.05) is 24.1 Å². The first-order valence-electron chi connectivity index (χ1n) is 6.53. The van der Waals surface area contributed by atoms with Crippen LogP contribution >= 0.6 is 0 Å². The third-order valence-electron chi connectivity index (χ3n) is 3.91. The molecule has 5 heteroatoms. The molecule has 3 rings (SSSR count). The van der Waals surface area contributed by atoms with E-state index in [1.807, 2.05) is 12.1 Å². The van der Waals surface area contributed by atoms with Gasteiger partial charge < -0.3 is 20.2 Å². The standard InChI is InChI=1S/C14H19N3O2/c1-18-11-6-9-10(7-12(11)19-2)17-13(16-9)8-14(15)4-3-5-14/h6-7H,3-5,8,15H2,1-2H3,(H,16,17). The molecule has 0 unspecified atom stereocenters. The monoisotopic (exact) mass is 261 g/mol. The van der Waals surface area contributed by atoms with E-state index in [1.54, 1.807) is 14.2 Å². The Balaban J connectivity index is 1.95. The fourth-order valence-corrected chi connectivity index (χ4v) is 2.61. The Kier molecular flexibility index (Phi) is 2.86. The maximum atomic E-state index is 6.26. The Morgan fingerprint density at radius 3 is 2.53 bits per heavy atom. The molecule has 0 aliphatic heterocycles. The number of rotatable bonds is 4. The lowest BCUT2D eigenvalue weighted by Gasteiger charge is -2.37. The Labute approximate surface area is 112 Å². The van der Waals surface area contributed by atoms with E-state index in [9.17, 15) is 0 Å². The number of aromatic amines is 1. The van der Waals surface area contributed by atoms with Crippen LogP contribution in [0, 0.1) is 0 Å². The third-order valence-corrected chi connectivity index (χ3v) is 3.91. The normalized spacial score (nSPS) is 17.2.